The Hall–Kier alpha value is -1.27. The Kier molecular flexibility index (Phi) is 8.10. The Morgan fingerprint density at radius 3 is 1.28 bits per heavy atom. The molecule has 0 saturated carbocycles. The van der Waals surface area contributed by atoms with Crippen molar-refractivity contribution in [3.8, 4) is 0 Å². The van der Waals surface area contributed by atoms with Gasteiger partial charge >= 0.3 is 47.6 Å². The van der Waals surface area contributed by atoms with Gasteiger partial charge in [0.2, 0.25) is 0 Å². The first-order valence-corrected chi connectivity index (χ1v) is 9.46. The predicted molar refractivity (Wildman–Crippen MR) is 84.0 cm³/mol. The minimum Gasteiger partial charge on any atom is -0.352 e. The van der Waals surface area contributed by atoms with Crippen LogP contribution >= 0.6 is 0 Å². The number of halogens is 17. The molecule has 1 rings (SSSR count). The first kappa shape index (κ1) is 32.8. The maximum atomic E-state index is 14.6. The third-order valence-corrected chi connectivity index (χ3v) is 4.95. The lowest BCUT2D eigenvalue weighted by Gasteiger charge is -2.46. The summed E-state index contributed by atoms with van der Waals surface area (Å²) in [5.41, 5.74) is -1.55. The molecule has 0 bridgehead atoms. The number of hydrogen-bond donors (Lipinski definition) is 0. The summed E-state index contributed by atoms with van der Waals surface area (Å²) < 4.78 is 238. The van der Waals surface area contributed by atoms with Gasteiger partial charge in [0.15, 0.2) is 6.29 Å². The quantitative estimate of drug-likeness (QED) is 0.278. The topological polar surface area (TPSA) is 18.5 Å². The summed E-state index contributed by atoms with van der Waals surface area (Å²) in [4.78, 5) is 0. The summed E-state index contributed by atoms with van der Waals surface area (Å²) in [6.07, 6.45) is -12.2. The maximum absolute atomic E-state index is 14.6. The summed E-state index contributed by atoms with van der Waals surface area (Å²) in [6, 6.07) is 0. The van der Waals surface area contributed by atoms with E-state index in [-0.39, 0.29) is 0 Å². The first-order chi connectivity index (χ1) is 15.5. The highest BCUT2D eigenvalue weighted by atomic mass is 19.4. The van der Waals surface area contributed by atoms with Crippen LogP contribution in [0.3, 0.4) is 0 Å². The van der Waals surface area contributed by atoms with E-state index in [1.54, 1.807) is 0 Å². The van der Waals surface area contributed by atoms with Crippen LogP contribution in [-0.4, -0.2) is 66.1 Å². The van der Waals surface area contributed by atoms with Gasteiger partial charge in [-0.05, 0) is 33.6 Å². The fourth-order valence-electron chi connectivity index (χ4n) is 2.98. The predicted octanol–water partition coefficient (Wildman–Crippen LogP) is 7.56. The molecule has 2 nitrogen and oxygen atoms in total. The highest BCUT2D eigenvalue weighted by Gasteiger charge is 2.95. The first-order valence-electron chi connectivity index (χ1n) is 9.46. The molecule has 19 heteroatoms. The third kappa shape index (κ3) is 4.70. The van der Waals surface area contributed by atoms with Crippen molar-refractivity contribution in [2.75, 3.05) is 6.61 Å². The van der Waals surface area contributed by atoms with Crippen molar-refractivity contribution >= 4 is 0 Å². The van der Waals surface area contributed by atoms with Crippen LogP contribution in [0.25, 0.3) is 0 Å². The number of ether oxygens (including phenoxy) is 2. The molecule has 0 radical (unpaired) electrons. The van der Waals surface area contributed by atoms with Crippen molar-refractivity contribution in [3.05, 3.63) is 0 Å². The monoisotopic (exact) mass is 576 g/mol. The molecule has 1 aliphatic heterocycles. The van der Waals surface area contributed by atoms with Crippen LogP contribution in [0.2, 0.25) is 0 Å². The molecule has 216 valence electrons. The highest BCUT2D eigenvalue weighted by molar-refractivity contribution is 5.16. The van der Waals surface area contributed by atoms with Crippen LogP contribution < -0.4 is 0 Å². The lowest BCUT2D eigenvalue weighted by Crippen LogP contribution is -2.75. The van der Waals surface area contributed by atoms with Gasteiger partial charge in [0.25, 0.3) is 0 Å². The van der Waals surface area contributed by atoms with Crippen molar-refractivity contribution < 1.29 is 84.1 Å². The molecular weight excluding hydrogens is 559 g/mol. The van der Waals surface area contributed by atoms with E-state index in [0.29, 0.717) is 0 Å². The van der Waals surface area contributed by atoms with Crippen molar-refractivity contribution in [2.24, 2.45) is 5.92 Å². The van der Waals surface area contributed by atoms with Crippen molar-refractivity contribution in [1.82, 2.24) is 0 Å². The molecule has 0 spiro atoms. The molecule has 36 heavy (non-hydrogen) atoms. The molecule has 1 heterocycles. The standard InChI is InChI=1S/C17H17F17O2/c1-9(2,3)36-8-7(5-4-6-35-8)10(18,19)11(20,21)12(22,23)13(24,25)14(26,27)15(28,29)16(30,31)17(32,33)34/h7-8H,4-6H2,1-3H3/t7-,8-/m1/s1. The largest absolute Gasteiger partial charge is 0.460 e. The Morgan fingerprint density at radius 1 is 0.556 bits per heavy atom. The van der Waals surface area contributed by atoms with Gasteiger partial charge in [-0.25, -0.2) is 0 Å². The molecular formula is C17H17F17O2. The Bertz CT molecular complexity index is 781. The van der Waals surface area contributed by atoms with Gasteiger partial charge in [0, 0.05) is 6.61 Å². The van der Waals surface area contributed by atoms with Gasteiger partial charge in [0.1, 0.15) is 0 Å². The minimum absolute atomic E-state index is 0.526. The molecule has 0 amide bonds. The lowest BCUT2D eigenvalue weighted by atomic mass is 9.82. The average Bonchev–Trinajstić information content (AvgIpc) is 2.65. The van der Waals surface area contributed by atoms with Crippen LogP contribution in [0.1, 0.15) is 33.6 Å². The number of alkyl halides is 17. The second-order valence-corrected chi connectivity index (χ2v) is 8.79. The molecule has 0 aliphatic carbocycles. The van der Waals surface area contributed by atoms with E-state index >= 15 is 0 Å². The molecule has 0 aromatic heterocycles. The van der Waals surface area contributed by atoms with Crippen molar-refractivity contribution in [1.29, 1.82) is 0 Å². The SMILES string of the molecule is CC(C)(C)O[C@H]1OCCC[C@H]1C(F)(F)C(F)(F)C(F)(F)C(F)(F)C(F)(F)C(F)(F)C(F)(F)C(F)(F)F. The van der Waals surface area contributed by atoms with E-state index in [0.717, 1.165) is 20.8 Å². The summed E-state index contributed by atoms with van der Waals surface area (Å²) in [6.45, 7) is 2.78. The third-order valence-electron chi connectivity index (χ3n) is 4.95. The number of hydrogen-bond acceptors (Lipinski definition) is 2. The molecule has 0 unspecified atom stereocenters. The maximum Gasteiger partial charge on any atom is 0.460 e. The summed E-state index contributed by atoms with van der Waals surface area (Å²) in [7, 11) is 0. The molecule has 2 atom stereocenters. The molecule has 0 N–H and O–H groups in total. The fourth-order valence-corrected chi connectivity index (χ4v) is 2.98. The minimum atomic E-state index is -8.65. The Balaban J connectivity index is 3.64. The zero-order chi connectivity index (χ0) is 29.2. The summed E-state index contributed by atoms with van der Waals surface area (Å²) >= 11 is 0. The molecule has 1 saturated heterocycles. The van der Waals surface area contributed by atoms with Crippen LogP contribution in [0.4, 0.5) is 74.6 Å². The lowest BCUT2D eigenvalue weighted by molar-refractivity contribution is -0.466. The van der Waals surface area contributed by atoms with E-state index in [4.69, 9.17) is 4.74 Å². The van der Waals surface area contributed by atoms with E-state index in [1.165, 1.54) is 0 Å². The van der Waals surface area contributed by atoms with Gasteiger partial charge in [-0.2, -0.15) is 74.6 Å². The molecule has 0 aromatic carbocycles. The van der Waals surface area contributed by atoms with Gasteiger partial charge in [-0.1, -0.05) is 0 Å². The van der Waals surface area contributed by atoms with E-state index in [1.807, 2.05) is 0 Å². The smallest absolute Gasteiger partial charge is 0.352 e. The Labute approximate surface area is 191 Å². The zero-order valence-corrected chi connectivity index (χ0v) is 18.0. The van der Waals surface area contributed by atoms with Crippen LogP contribution in [-0.2, 0) is 9.47 Å². The average molecular weight is 576 g/mol. The summed E-state index contributed by atoms with van der Waals surface area (Å²) in [5, 5.41) is 0. The van der Waals surface area contributed by atoms with Crippen LogP contribution in [0.5, 0.6) is 0 Å². The second-order valence-electron chi connectivity index (χ2n) is 8.79. The van der Waals surface area contributed by atoms with Gasteiger partial charge in [0.05, 0.1) is 11.5 Å². The normalized spacial score (nSPS) is 22.7. The van der Waals surface area contributed by atoms with E-state index in [2.05, 4.69) is 4.74 Å². The van der Waals surface area contributed by atoms with Crippen molar-refractivity contribution in [2.45, 2.75) is 93.1 Å². The van der Waals surface area contributed by atoms with Gasteiger partial charge in [-0.15, -0.1) is 0 Å². The van der Waals surface area contributed by atoms with E-state index < -0.39 is 84.9 Å². The second kappa shape index (κ2) is 8.90. The van der Waals surface area contributed by atoms with Gasteiger partial charge < -0.3 is 9.47 Å². The zero-order valence-electron chi connectivity index (χ0n) is 18.0. The van der Waals surface area contributed by atoms with Gasteiger partial charge in [-0.3, -0.25) is 0 Å². The molecule has 0 aromatic rings. The highest BCUT2D eigenvalue weighted by Crippen LogP contribution is 2.65. The number of rotatable bonds is 8. The van der Waals surface area contributed by atoms with Crippen LogP contribution in [0, 0.1) is 5.92 Å². The summed E-state index contributed by atoms with van der Waals surface area (Å²) in [5.74, 6) is -59.9. The Morgan fingerprint density at radius 2 is 0.917 bits per heavy atom. The molecule has 1 aliphatic rings. The fraction of sp³-hybridized carbons (Fsp3) is 1.00. The van der Waals surface area contributed by atoms with Crippen LogP contribution in [0.15, 0.2) is 0 Å². The molecule has 1 fully saturated rings. The van der Waals surface area contributed by atoms with Crippen molar-refractivity contribution in [3.63, 3.8) is 0 Å². The van der Waals surface area contributed by atoms with E-state index in [9.17, 15) is 74.6 Å².